The van der Waals surface area contributed by atoms with Crippen LogP contribution in [0.4, 0.5) is 9.93 Å². The van der Waals surface area contributed by atoms with E-state index in [9.17, 15) is 4.79 Å². The van der Waals surface area contributed by atoms with Crippen molar-refractivity contribution in [3.8, 4) is 11.4 Å². The Kier molecular flexibility index (Phi) is 4.62. The van der Waals surface area contributed by atoms with Crippen molar-refractivity contribution in [2.75, 3.05) is 5.32 Å². The van der Waals surface area contributed by atoms with Gasteiger partial charge in [0.2, 0.25) is 5.13 Å². The first-order valence-corrected chi connectivity index (χ1v) is 7.97. The van der Waals surface area contributed by atoms with E-state index in [1.165, 1.54) is 0 Å². The van der Waals surface area contributed by atoms with Crippen molar-refractivity contribution >= 4 is 22.7 Å². The summed E-state index contributed by atoms with van der Waals surface area (Å²) in [6.07, 6.45) is 3.60. The standard InChI is InChI=1S/C15H16N6OS/c1-2-21-9-8-16-12(21)10-17-14(22)19-15-18-13(20-23-15)11-6-4-3-5-7-11/h3-9H,2,10H2,1H3,(H2,17,18,19,20,22). The van der Waals surface area contributed by atoms with Crippen molar-refractivity contribution in [1.82, 2.24) is 24.2 Å². The Morgan fingerprint density at radius 1 is 1.30 bits per heavy atom. The number of rotatable bonds is 5. The van der Waals surface area contributed by atoms with Crippen LogP contribution in [0.5, 0.6) is 0 Å². The van der Waals surface area contributed by atoms with Gasteiger partial charge >= 0.3 is 6.03 Å². The van der Waals surface area contributed by atoms with Crippen LogP contribution in [-0.2, 0) is 13.1 Å². The molecule has 118 valence electrons. The van der Waals surface area contributed by atoms with E-state index in [0.29, 0.717) is 17.5 Å². The highest BCUT2D eigenvalue weighted by molar-refractivity contribution is 7.10. The lowest BCUT2D eigenvalue weighted by Gasteiger charge is -2.06. The van der Waals surface area contributed by atoms with Crippen LogP contribution in [0.3, 0.4) is 0 Å². The van der Waals surface area contributed by atoms with E-state index in [4.69, 9.17) is 0 Å². The third kappa shape index (κ3) is 3.72. The molecule has 0 unspecified atom stereocenters. The lowest BCUT2D eigenvalue weighted by Crippen LogP contribution is -2.29. The van der Waals surface area contributed by atoms with Gasteiger partial charge in [-0.25, -0.2) is 9.78 Å². The number of hydrogen-bond donors (Lipinski definition) is 2. The molecule has 2 heterocycles. The molecule has 7 nitrogen and oxygen atoms in total. The third-order valence-corrected chi connectivity index (χ3v) is 3.86. The molecule has 3 aromatic rings. The Morgan fingerprint density at radius 2 is 2.13 bits per heavy atom. The number of benzene rings is 1. The summed E-state index contributed by atoms with van der Waals surface area (Å²) in [6, 6.07) is 9.31. The first-order valence-electron chi connectivity index (χ1n) is 7.20. The van der Waals surface area contributed by atoms with Crippen molar-refractivity contribution in [3.63, 3.8) is 0 Å². The van der Waals surface area contributed by atoms with E-state index in [1.807, 2.05) is 48.0 Å². The topological polar surface area (TPSA) is 84.7 Å². The molecule has 0 aliphatic carbocycles. The fourth-order valence-electron chi connectivity index (χ4n) is 2.07. The number of amides is 2. The molecule has 0 aliphatic heterocycles. The van der Waals surface area contributed by atoms with Crippen LogP contribution in [0.15, 0.2) is 42.7 Å². The molecule has 0 fully saturated rings. The molecule has 0 saturated carbocycles. The number of imidazole rings is 1. The summed E-state index contributed by atoms with van der Waals surface area (Å²) in [5.74, 6) is 1.41. The minimum absolute atomic E-state index is 0.327. The maximum absolute atomic E-state index is 11.9. The Bertz CT molecular complexity index is 782. The van der Waals surface area contributed by atoms with Crippen molar-refractivity contribution < 1.29 is 4.79 Å². The summed E-state index contributed by atoms with van der Waals surface area (Å²) in [4.78, 5) is 20.5. The quantitative estimate of drug-likeness (QED) is 0.754. The molecule has 3 rings (SSSR count). The summed E-state index contributed by atoms with van der Waals surface area (Å²) < 4.78 is 6.22. The van der Waals surface area contributed by atoms with Crippen LogP contribution in [-0.4, -0.2) is 24.9 Å². The van der Waals surface area contributed by atoms with Crippen molar-refractivity contribution in [3.05, 3.63) is 48.5 Å². The summed E-state index contributed by atoms with van der Waals surface area (Å²) in [6.45, 7) is 3.20. The zero-order valence-corrected chi connectivity index (χ0v) is 13.4. The molecule has 8 heteroatoms. The number of aromatic nitrogens is 4. The van der Waals surface area contributed by atoms with Gasteiger partial charge in [-0.05, 0) is 6.92 Å². The summed E-state index contributed by atoms with van der Waals surface area (Å²) >= 11 is 1.15. The molecule has 2 N–H and O–H groups in total. The largest absolute Gasteiger partial charge is 0.334 e. The van der Waals surface area contributed by atoms with Crippen LogP contribution in [0.25, 0.3) is 11.4 Å². The highest BCUT2D eigenvalue weighted by Gasteiger charge is 2.10. The first kappa shape index (κ1) is 15.2. The average molecular weight is 328 g/mol. The Labute approximate surface area is 137 Å². The van der Waals surface area contributed by atoms with Crippen LogP contribution >= 0.6 is 11.5 Å². The van der Waals surface area contributed by atoms with E-state index >= 15 is 0 Å². The number of carbonyl (C=O) groups excluding carboxylic acids is 1. The van der Waals surface area contributed by atoms with Gasteiger partial charge in [-0.15, -0.1) is 0 Å². The van der Waals surface area contributed by atoms with Gasteiger partial charge in [0.15, 0.2) is 5.82 Å². The Morgan fingerprint density at radius 3 is 2.91 bits per heavy atom. The molecule has 0 spiro atoms. The second-order valence-electron chi connectivity index (χ2n) is 4.73. The zero-order chi connectivity index (χ0) is 16.1. The minimum atomic E-state index is -0.327. The smallest absolute Gasteiger partial charge is 0.321 e. The van der Waals surface area contributed by atoms with Crippen LogP contribution in [0.1, 0.15) is 12.7 Å². The number of hydrogen-bond acceptors (Lipinski definition) is 5. The normalized spacial score (nSPS) is 10.5. The second-order valence-corrected chi connectivity index (χ2v) is 5.48. The van der Waals surface area contributed by atoms with Crippen LogP contribution in [0.2, 0.25) is 0 Å². The molecule has 1 aromatic carbocycles. The maximum Gasteiger partial charge on any atom is 0.321 e. The third-order valence-electron chi connectivity index (χ3n) is 3.23. The lowest BCUT2D eigenvalue weighted by atomic mass is 10.2. The number of urea groups is 1. The predicted molar refractivity (Wildman–Crippen MR) is 89.1 cm³/mol. The van der Waals surface area contributed by atoms with Gasteiger partial charge in [-0.1, -0.05) is 30.3 Å². The Balaban J connectivity index is 1.57. The van der Waals surface area contributed by atoms with Crippen LogP contribution < -0.4 is 10.6 Å². The molecule has 2 amide bonds. The van der Waals surface area contributed by atoms with Gasteiger partial charge in [0.05, 0.1) is 6.54 Å². The highest BCUT2D eigenvalue weighted by Crippen LogP contribution is 2.20. The monoisotopic (exact) mass is 328 g/mol. The van der Waals surface area contributed by atoms with Gasteiger partial charge in [-0.2, -0.15) is 9.36 Å². The molecular formula is C15H16N6OS. The predicted octanol–water partition coefficient (Wildman–Crippen LogP) is 2.74. The molecule has 0 radical (unpaired) electrons. The highest BCUT2D eigenvalue weighted by atomic mass is 32.1. The molecule has 0 bridgehead atoms. The number of anilines is 1. The van der Waals surface area contributed by atoms with Crippen molar-refractivity contribution in [2.45, 2.75) is 20.0 Å². The van der Waals surface area contributed by atoms with Gasteiger partial charge in [0.1, 0.15) is 5.82 Å². The number of nitrogens with zero attached hydrogens (tertiary/aromatic N) is 4. The number of aryl methyl sites for hydroxylation is 1. The molecule has 0 aliphatic rings. The van der Waals surface area contributed by atoms with E-state index in [2.05, 4.69) is 25.0 Å². The summed E-state index contributed by atoms with van der Waals surface area (Å²) in [5, 5.41) is 5.91. The molecule has 2 aromatic heterocycles. The second kappa shape index (κ2) is 7.01. The molecule has 23 heavy (non-hydrogen) atoms. The summed E-state index contributed by atoms with van der Waals surface area (Å²) in [5.41, 5.74) is 0.919. The number of carbonyl (C=O) groups is 1. The lowest BCUT2D eigenvalue weighted by molar-refractivity contribution is 0.251. The van der Waals surface area contributed by atoms with Crippen molar-refractivity contribution in [1.29, 1.82) is 0 Å². The van der Waals surface area contributed by atoms with Gasteiger partial charge in [-0.3, -0.25) is 5.32 Å². The van der Waals surface area contributed by atoms with Gasteiger partial charge in [0.25, 0.3) is 0 Å². The molecule has 0 saturated heterocycles. The van der Waals surface area contributed by atoms with E-state index in [-0.39, 0.29) is 6.03 Å². The Hall–Kier alpha value is -2.74. The van der Waals surface area contributed by atoms with E-state index in [0.717, 1.165) is 29.5 Å². The van der Waals surface area contributed by atoms with Gasteiger partial charge < -0.3 is 9.88 Å². The van der Waals surface area contributed by atoms with Gasteiger partial charge in [0, 0.05) is 36.0 Å². The summed E-state index contributed by atoms with van der Waals surface area (Å²) in [7, 11) is 0. The van der Waals surface area contributed by atoms with Crippen molar-refractivity contribution in [2.24, 2.45) is 0 Å². The average Bonchev–Trinajstić information content (AvgIpc) is 3.22. The maximum atomic E-state index is 11.9. The van der Waals surface area contributed by atoms with E-state index < -0.39 is 0 Å². The number of nitrogens with one attached hydrogen (secondary N) is 2. The molecule has 0 atom stereocenters. The first-order chi connectivity index (χ1) is 11.3. The fourth-order valence-corrected chi connectivity index (χ4v) is 2.66. The zero-order valence-electron chi connectivity index (χ0n) is 12.6. The minimum Gasteiger partial charge on any atom is -0.334 e. The fraction of sp³-hybridized carbons (Fsp3) is 0.200. The molecular weight excluding hydrogens is 312 g/mol. The SMILES string of the molecule is CCn1ccnc1CNC(=O)Nc1nc(-c2ccccc2)ns1. The van der Waals surface area contributed by atoms with E-state index in [1.54, 1.807) is 6.20 Å². The van der Waals surface area contributed by atoms with Crippen LogP contribution in [0, 0.1) is 0 Å².